The van der Waals surface area contributed by atoms with E-state index in [0.717, 1.165) is 66.6 Å². The molecule has 0 unspecified atom stereocenters. The Bertz CT molecular complexity index is 2710. The van der Waals surface area contributed by atoms with Gasteiger partial charge < -0.3 is 4.74 Å². The Hall–Kier alpha value is -5.75. The first-order chi connectivity index (χ1) is 22.8. The number of benzene rings is 4. The fourth-order valence-electron chi connectivity index (χ4n) is 7.21. The maximum absolute atomic E-state index is 6.60. The van der Waals surface area contributed by atoms with E-state index in [2.05, 4.69) is 116 Å². The van der Waals surface area contributed by atoms with Crippen molar-refractivity contribution < 1.29 is 4.74 Å². The predicted octanol–water partition coefficient (Wildman–Crippen LogP) is 10.4. The molecule has 0 radical (unpaired) electrons. The van der Waals surface area contributed by atoms with Crippen molar-refractivity contribution in [2.45, 2.75) is 40.0 Å². The summed E-state index contributed by atoms with van der Waals surface area (Å²) in [6.45, 7) is 11.0. The molecule has 0 aliphatic rings. The molecular formula is C41H33N5O. The van der Waals surface area contributed by atoms with Gasteiger partial charge in [-0.25, -0.2) is 15.0 Å². The third-order valence-electron chi connectivity index (χ3n) is 9.54. The molecule has 6 nitrogen and oxygen atoms in total. The van der Waals surface area contributed by atoms with E-state index in [1.54, 1.807) is 0 Å². The molecule has 0 amide bonds. The number of rotatable bonds is 3. The van der Waals surface area contributed by atoms with Gasteiger partial charge in [-0.15, -0.1) is 0 Å². The van der Waals surface area contributed by atoms with Gasteiger partial charge in [-0.3, -0.25) is 8.80 Å². The second-order valence-electron chi connectivity index (χ2n) is 13.6. The van der Waals surface area contributed by atoms with Gasteiger partial charge in [0.25, 0.3) is 0 Å². The molecule has 0 aliphatic carbocycles. The summed E-state index contributed by atoms with van der Waals surface area (Å²) in [7, 11) is 0. The number of aryl methyl sites for hydroxylation is 2. The Kier molecular flexibility index (Phi) is 5.79. The van der Waals surface area contributed by atoms with Crippen molar-refractivity contribution in [3.8, 4) is 22.8 Å². The molecule has 0 fully saturated rings. The van der Waals surface area contributed by atoms with Crippen LogP contribution >= 0.6 is 0 Å². The van der Waals surface area contributed by atoms with Gasteiger partial charge in [0, 0.05) is 45.7 Å². The van der Waals surface area contributed by atoms with Crippen LogP contribution < -0.4 is 4.74 Å². The highest BCUT2D eigenvalue weighted by atomic mass is 16.5. The predicted molar refractivity (Wildman–Crippen MR) is 192 cm³/mol. The van der Waals surface area contributed by atoms with Crippen LogP contribution in [-0.2, 0) is 5.41 Å². The number of fused-ring (bicyclic) bond motifs is 12. The Morgan fingerprint density at radius 3 is 2.00 bits per heavy atom. The van der Waals surface area contributed by atoms with Crippen molar-refractivity contribution in [2.75, 3.05) is 0 Å². The first kappa shape index (κ1) is 27.6. The molecule has 5 heterocycles. The number of nitrogens with zero attached hydrogens (tertiary/aromatic N) is 5. The monoisotopic (exact) mass is 611 g/mol. The molecule has 0 N–H and O–H groups in total. The number of pyridine rings is 3. The second kappa shape index (κ2) is 9.87. The van der Waals surface area contributed by atoms with Crippen LogP contribution in [0.25, 0.3) is 66.0 Å². The lowest BCUT2D eigenvalue weighted by Gasteiger charge is -2.20. The Balaban J connectivity index is 1.21. The average Bonchev–Trinajstić information content (AvgIpc) is 3.73. The molecule has 0 spiro atoms. The lowest BCUT2D eigenvalue weighted by atomic mass is 9.86. The van der Waals surface area contributed by atoms with Gasteiger partial charge >= 0.3 is 0 Å². The lowest BCUT2D eigenvalue weighted by Crippen LogP contribution is -2.11. The van der Waals surface area contributed by atoms with Crippen molar-refractivity contribution in [1.29, 1.82) is 0 Å². The quantitative estimate of drug-likeness (QED) is 0.187. The van der Waals surface area contributed by atoms with Gasteiger partial charge in [0.2, 0.25) is 0 Å². The molecule has 0 bridgehead atoms. The topological polar surface area (TPSA) is 56.7 Å². The number of imidazole rings is 2. The minimum absolute atomic E-state index is 0.0549. The fraction of sp³-hybridized carbons (Fsp3) is 0.146. The van der Waals surface area contributed by atoms with E-state index in [0.29, 0.717) is 0 Å². The maximum Gasteiger partial charge on any atom is 0.146 e. The number of hydrogen-bond donors (Lipinski definition) is 0. The zero-order chi connectivity index (χ0) is 32.0. The molecule has 47 heavy (non-hydrogen) atoms. The first-order valence-corrected chi connectivity index (χ1v) is 16.0. The van der Waals surface area contributed by atoms with Gasteiger partial charge in [-0.2, -0.15) is 0 Å². The molecule has 228 valence electrons. The summed E-state index contributed by atoms with van der Waals surface area (Å²) in [5, 5.41) is 6.57. The zero-order valence-corrected chi connectivity index (χ0v) is 27.0. The van der Waals surface area contributed by atoms with Gasteiger partial charge in [0.05, 0.1) is 17.4 Å². The zero-order valence-electron chi connectivity index (χ0n) is 27.0. The SMILES string of the molecule is Cc1cccc(C)c1-c1cnc2c3cc(Oc4ccc5c6ccc(C(C)(C)C)cc6n6ccnc6c5c4)ccc3c3cccnc3n12. The smallest absolute Gasteiger partial charge is 0.146 e. The molecule has 0 saturated heterocycles. The van der Waals surface area contributed by atoms with Crippen LogP contribution in [0.3, 0.4) is 0 Å². The molecule has 6 heteroatoms. The van der Waals surface area contributed by atoms with Crippen LogP contribution in [-0.4, -0.2) is 23.8 Å². The maximum atomic E-state index is 6.60. The van der Waals surface area contributed by atoms with Crippen molar-refractivity contribution in [3.05, 3.63) is 126 Å². The van der Waals surface area contributed by atoms with E-state index in [9.17, 15) is 0 Å². The van der Waals surface area contributed by atoms with Crippen LogP contribution in [0.4, 0.5) is 0 Å². The van der Waals surface area contributed by atoms with Crippen molar-refractivity contribution in [3.63, 3.8) is 0 Å². The van der Waals surface area contributed by atoms with E-state index in [1.807, 2.05) is 36.9 Å². The Labute approximate surface area is 271 Å². The summed E-state index contributed by atoms with van der Waals surface area (Å²) in [6.07, 6.45) is 7.74. The number of ether oxygens (including phenoxy) is 1. The van der Waals surface area contributed by atoms with Crippen molar-refractivity contribution in [2.24, 2.45) is 0 Å². The Morgan fingerprint density at radius 1 is 0.596 bits per heavy atom. The summed E-state index contributed by atoms with van der Waals surface area (Å²) < 4.78 is 11.0. The molecule has 4 aromatic carbocycles. The normalized spacial score (nSPS) is 12.4. The van der Waals surface area contributed by atoms with Crippen LogP contribution in [0.15, 0.2) is 110 Å². The largest absolute Gasteiger partial charge is 0.457 e. The number of aromatic nitrogens is 5. The summed E-state index contributed by atoms with van der Waals surface area (Å²) in [4.78, 5) is 14.6. The molecular weight excluding hydrogens is 578 g/mol. The summed E-state index contributed by atoms with van der Waals surface area (Å²) in [5.41, 5.74) is 9.80. The van der Waals surface area contributed by atoms with Crippen LogP contribution in [0.5, 0.6) is 11.5 Å². The summed E-state index contributed by atoms with van der Waals surface area (Å²) >= 11 is 0. The molecule has 0 aliphatic heterocycles. The van der Waals surface area contributed by atoms with Gasteiger partial charge in [-0.1, -0.05) is 51.1 Å². The Morgan fingerprint density at radius 2 is 1.26 bits per heavy atom. The second-order valence-corrected chi connectivity index (χ2v) is 13.6. The highest BCUT2D eigenvalue weighted by molar-refractivity contribution is 6.13. The third kappa shape index (κ3) is 4.14. The highest BCUT2D eigenvalue weighted by Crippen LogP contribution is 2.38. The van der Waals surface area contributed by atoms with Crippen molar-refractivity contribution >= 4 is 54.8 Å². The van der Waals surface area contributed by atoms with Crippen LogP contribution in [0.2, 0.25) is 0 Å². The van der Waals surface area contributed by atoms with E-state index in [4.69, 9.17) is 19.7 Å². The van der Waals surface area contributed by atoms with Gasteiger partial charge in [0.1, 0.15) is 28.4 Å². The first-order valence-electron chi connectivity index (χ1n) is 16.0. The molecule has 9 rings (SSSR count). The van der Waals surface area contributed by atoms with Crippen LogP contribution in [0.1, 0.15) is 37.5 Å². The van der Waals surface area contributed by atoms with E-state index < -0.39 is 0 Å². The fourth-order valence-corrected chi connectivity index (χ4v) is 7.21. The van der Waals surface area contributed by atoms with E-state index >= 15 is 0 Å². The molecule has 9 aromatic rings. The standard InChI is InChI=1S/C41H33N5O/c1-24-8-6-9-25(2)37(24)36-23-44-40-34-22-28(13-16-30(34)32-10-7-17-42-39(32)46(36)40)47-27-12-15-29-31-14-11-26(41(3,4)5)20-35(31)45-19-18-43-38(45)33(29)21-27/h6-23H,1-5H3. The summed E-state index contributed by atoms with van der Waals surface area (Å²) in [6, 6.07) is 29.9. The minimum atomic E-state index is 0.0549. The van der Waals surface area contributed by atoms with Crippen molar-refractivity contribution in [1.82, 2.24) is 23.8 Å². The van der Waals surface area contributed by atoms with E-state index in [1.165, 1.54) is 27.6 Å². The molecule has 5 aromatic heterocycles. The van der Waals surface area contributed by atoms with Gasteiger partial charge in [-0.05, 0) is 101 Å². The van der Waals surface area contributed by atoms with Gasteiger partial charge in [0.15, 0.2) is 0 Å². The molecule has 0 atom stereocenters. The average molecular weight is 612 g/mol. The summed E-state index contributed by atoms with van der Waals surface area (Å²) in [5.74, 6) is 1.50. The number of hydrogen-bond acceptors (Lipinski definition) is 4. The lowest BCUT2D eigenvalue weighted by molar-refractivity contribution is 0.484. The third-order valence-corrected chi connectivity index (χ3v) is 9.54. The molecule has 0 saturated carbocycles. The van der Waals surface area contributed by atoms with Crippen LogP contribution in [0, 0.1) is 13.8 Å². The van der Waals surface area contributed by atoms with E-state index in [-0.39, 0.29) is 5.41 Å². The highest BCUT2D eigenvalue weighted by Gasteiger charge is 2.19. The minimum Gasteiger partial charge on any atom is -0.457 e.